The lowest BCUT2D eigenvalue weighted by molar-refractivity contribution is -0.880. The molecule has 1 aliphatic rings. The second kappa shape index (κ2) is 8.55. The maximum Gasteiger partial charge on any atom is 0.216 e. The fraction of sp³-hybridized carbons (Fsp3) is 0.360. The van der Waals surface area contributed by atoms with Crippen LogP contribution in [0.4, 0.5) is 5.69 Å². The summed E-state index contributed by atoms with van der Waals surface area (Å²) in [5.41, 5.74) is 5.56. The second-order valence-corrected chi connectivity index (χ2v) is 8.38. The number of nitrogens with one attached hydrogen (secondary N) is 2. The Bertz CT molecular complexity index is 1130. The van der Waals surface area contributed by atoms with E-state index in [1.807, 2.05) is 43.5 Å². The van der Waals surface area contributed by atoms with E-state index in [9.17, 15) is 4.79 Å². The van der Waals surface area contributed by atoms with Crippen LogP contribution >= 0.6 is 0 Å². The van der Waals surface area contributed by atoms with Crippen LogP contribution in [0, 0.1) is 13.8 Å². The number of nitrogens with zero attached hydrogens (tertiary/aromatic N) is 1. The Hall–Kier alpha value is -3.12. The number of carbonyl (C=O) groups is 1. The molecule has 31 heavy (non-hydrogen) atoms. The third-order valence-corrected chi connectivity index (χ3v) is 6.35. The summed E-state index contributed by atoms with van der Waals surface area (Å²) >= 11 is 0. The monoisotopic (exact) mass is 421 g/mol. The number of likely N-dealkylation sites (N-methyl/N-ethyl adjacent to an activating group) is 1. The highest BCUT2D eigenvalue weighted by Crippen LogP contribution is 2.37. The average molecular weight is 422 g/mol. The lowest BCUT2D eigenvalue weighted by atomic mass is 9.97. The molecule has 2 N–H and O–H groups in total. The number of quaternary nitrogens is 1. The van der Waals surface area contributed by atoms with Gasteiger partial charge in [0.05, 0.1) is 64.6 Å². The molecule has 1 saturated heterocycles. The number of benzene rings is 2. The summed E-state index contributed by atoms with van der Waals surface area (Å²) in [5, 5.41) is 0.965. The van der Waals surface area contributed by atoms with Crippen molar-refractivity contribution >= 4 is 22.4 Å². The minimum absolute atomic E-state index is 0.0253. The molecular formula is C25H31N3O3+2. The summed E-state index contributed by atoms with van der Waals surface area (Å²) in [5.74, 6) is 1.34. The molecule has 0 saturated carbocycles. The van der Waals surface area contributed by atoms with Crippen molar-refractivity contribution in [1.29, 1.82) is 0 Å². The zero-order valence-corrected chi connectivity index (χ0v) is 19.0. The van der Waals surface area contributed by atoms with E-state index in [-0.39, 0.29) is 5.78 Å². The van der Waals surface area contributed by atoms with Gasteiger partial charge in [0.25, 0.3) is 0 Å². The number of methoxy groups -OCH3 is 2. The molecule has 1 aromatic heterocycles. The van der Waals surface area contributed by atoms with Gasteiger partial charge in [-0.2, -0.15) is 0 Å². The van der Waals surface area contributed by atoms with Crippen LogP contribution in [0.15, 0.2) is 36.5 Å². The van der Waals surface area contributed by atoms with E-state index >= 15 is 0 Å². The molecule has 3 aromatic rings. The van der Waals surface area contributed by atoms with E-state index in [4.69, 9.17) is 9.47 Å². The number of hydrogen-bond acceptors (Lipinski definition) is 4. The number of pyridine rings is 1. The first-order valence-electron chi connectivity index (χ1n) is 10.7. The number of anilines is 1. The van der Waals surface area contributed by atoms with E-state index in [1.165, 1.54) is 10.5 Å². The quantitative estimate of drug-likeness (QED) is 0.639. The van der Waals surface area contributed by atoms with Gasteiger partial charge in [-0.25, -0.2) is 4.98 Å². The van der Waals surface area contributed by atoms with Crippen LogP contribution in [0.3, 0.4) is 0 Å². The van der Waals surface area contributed by atoms with Crippen LogP contribution in [0.1, 0.15) is 27.0 Å². The minimum Gasteiger partial charge on any atom is -0.493 e. The van der Waals surface area contributed by atoms with Crippen molar-refractivity contribution in [2.24, 2.45) is 0 Å². The number of H-pyrrole nitrogens is 1. The Morgan fingerprint density at radius 1 is 1.00 bits per heavy atom. The Kier molecular flexibility index (Phi) is 5.83. The van der Waals surface area contributed by atoms with Gasteiger partial charge in [-0.1, -0.05) is 12.1 Å². The van der Waals surface area contributed by atoms with Crippen molar-refractivity contribution in [3.8, 4) is 11.5 Å². The molecule has 2 heterocycles. The standard InChI is InChI=1S/C25H29N3O3/c1-16-6-7-18(12-17(16)2)25(29)20-15-26-21-14-23(31-5)22(30-4)13-19(21)24(20)28-10-8-27(3)9-11-28/h6-7,12-15H,8-11H2,1-5H3/p+2. The molecule has 0 unspecified atom stereocenters. The third kappa shape index (κ3) is 3.95. The first-order valence-corrected chi connectivity index (χ1v) is 10.7. The maximum atomic E-state index is 13.7. The fourth-order valence-corrected chi connectivity index (χ4v) is 4.22. The van der Waals surface area contributed by atoms with Crippen LogP contribution in [-0.2, 0) is 0 Å². The van der Waals surface area contributed by atoms with Gasteiger partial charge in [-0.15, -0.1) is 0 Å². The highest BCUT2D eigenvalue weighted by atomic mass is 16.5. The number of rotatable bonds is 5. The summed E-state index contributed by atoms with van der Waals surface area (Å²) in [4.78, 5) is 20.8. The molecule has 0 atom stereocenters. The first-order chi connectivity index (χ1) is 14.9. The molecule has 1 fully saturated rings. The zero-order chi connectivity index (χ0) is 22.1. The second-order valence-electron chi connectivity index (χ2n) is 8.38. The summed E-state index contributed by atoms with van der Waals surface area (Å²) < 4.78 is 11.1. The van der Waals surface area contributed by atoms with E-state index in [1.54, 1.807) is 14.2 Å². The van der Waals surface area contributed by atoms with Gasteiger partial charge >= 0.3 is 0 Å². The molecule has 4 rings (SSSR count). The van der Waals surface area contributed by atoms with Gasteiger partial charge in [-0.05, 0) is 37.1 Å². The number of aromatic nitrogens is 1. The van der Waals surface area contributed by atoms with Crippen molar-refractivity contribution < 1.29 is 24.2 Å². The summed E-state index contributed by atoms with van der Waals surface area (Å²) in [6.45, 7) is 7.96. The molecule has 162 valence electrons. The molecular weight excluding hydrogens is 390 g/mol. The normalized spacial score (nSPS) is 14.7. The van der Waals surface area contributed by atoms with Crippen LogP contribution in [0.25, 0.3) is 10.9 Å². The molecule has 6 nitrogen and oxygen atoms in total. The lowest BCUT2D eigenvalue weighted by Crippen LogP contribution is -3.12. The van der Waals surface area contributed by atoms with Crippen molar-refractivity contribution in [3.05, 3.63) is 58.8 Å². The van der Waals surface area contributed by atoms with Gasteiger partial charge in [-0.3, -0.25) is 4.79 Å². The van der Waals surface area contributed by atoms with Gasteiger partial charge in [0.15, 0.2) is 17.7 Å². The van der Waals surface area contributed by atoms with Gasteiger partial charge < -0.3 is 19.3 Å². The highest BCUT2D eigenvalue weighted by Gasteiger charge is 2.28. The minimum atomic E-state index is 0.0253. The Labute approximate surface area is 183 Å². The van der Waals surface area contributed by atoms with Crippen LogP contribution in [0.5, 0.6) is 11.5 Å². The van der Waals surface area contributed by atoms with Crippen LogP contribution in [-0.4, -0.2) is 53.2 Å². The van der Waals surface area contributed by atoms with Crippen molar-refractivity contribution in [3.63, 3.8) is 0 Å². The first kappa shape index (κ1) is 21.1. The number of carbonyl (C=O) groups excluding carboxylic acids is 1. The molecule has 0 aliphatic carbocycles. The number of ketones is 1. The summed E-state index contributed by atoms with van der Waals surface area (Å²) in [6.07, 6.45) is 1.84. The van der Waals surface area contributed by atoms with Crippen molar-refractivity contribution in [2.75, 3.05) is 52.3 Å². The summed E-state index contributed by atoms with van der Waals surface area (Å²) in [6, 6.07) is 9.82. The van der Waals surface area contributed by atoms with E-state index in [2.05, 4.69) is 23.9 Å². The van der Waals surface area contributed by atoms with E-state index in [0.717, 1.165) is 48.3 Å². The van der Waals surface area contributed by atoms with Crippen molar-refractivity contribution in [2.45, 2.75) is 13.8 Å². The van der Waals surface area contributed by atoms with Gasteiger partial charge in [0.2, 0.25) is 11.3 Å². The Morgan fingerprint density at radius 3 is 2.32 bits per heavy atom. The average Bonchev–Trinajstić information content (AvgIpc) is 2.79. The number of hydrogen-bond donors (Lipinski definition) is 1. The Balaban J connectivity index is 1.92. The number of aryl methyl sites for hydroxylation is 2. The number of aromatic amines is 1. The fourth-order valence-electron chi connectivity index (χ4n) is 4.22. The molecule has 0 spiro atoms. The zero-order valence-electron chi connectivity index (χ0n) is 19.0. The van der Waals surface area contributed by atoms with Gasteiger partial charge in [0, 0.05) is 5.56 Å². The van der Waals surface area contributed by atoms with E-state index < -0.39 is 0 Å². The number of piperazine rings is 1. The molecule has 2 aromatic carbocycles. The maximum absolute atomic E-state index is 13.7. The largest absolute Gasteiger partial charge is 0.493 e. The van der Waals surface area contributed by atoms with E-state index in [0.29, 0.717) is 22.6 Å². The van der Waals surface area contributed by atoms with Gasteiger partial charge in [0.1, 0.15) is 5.56 Å². The topological polar surface area (TPSA) is 57.3 Å². The molecule has 0 radical (unpaired) electrons. The molecule has 1 aliphatic heterocycles. The molecule has 6 heteroatoms. The predicted octanol–water partition coefficient (Wildman–Crippen LogP) is 1.85. The molecule has 0 amide bonds. The third-order valence-electron chi connectivity index (χ3n) is 6.35. The lowest BCUT2D eigenvalue weighted by Gasteiger charge is -2.33. The Morgan fingerprint density at radius 2 is 1.68 bits per heavy atom. The number of fused-ring (bicyclic) bond motifs is 1. The summed E-state index contributed by atoms with van der Waals surface area (Å²) in [7, 11) is 5.48. The number of ether oxygens (including phenoxy) is 2. The molecule has 0 bridgehead atoms. The predicted molar refractivity (Wildman–Crippen MR) is 122 cm³/mol. The van der Waals surface area contributed by atoms with Crippen LogP contribution < -0.4 is 24.3 Å². The SMILES string of the molecule is COc1cc2[nH+]cc(C(=O)c3ccc(C)c(C)c3)c(N3CC[NH+](C)CC3)c2cc1OC. The van der Waals surface area contributed by atoms with Crippen molar-refractivity contribution in [1.82, 2.24) is 0 Å². The van der Waals surface area contributed by atoms with Crippen LogP contribution in [0.2, 0.25) is 0 Å². The highest BCUT2D eigenvalue weighted by molar-refractivity contribution is 6.15. The smallest absolute Gasteiger partial charge is 0.216 e.